The van der Waals surface area contributed by atoms with Crippen molar-refractivity contribution in [2.75, 3.05) is 13.1 Å². The first kappa shape index (κ1) is 14.3. The summed E-state index contributed by atoms with van der Waals surface area (Å²) in [5, 5.41) is 6.56. The topological polar surface area (TPSA) is 50.4 Å². The second-order valence-corrected chi connectivity index (χ2v) is 6.14. The summed E-state index contributed by atoms with van der Waals surface area (Å²) in [4.78, 5) is 13.0. The van der Waals surface area contributed by atoms with Crippen molar-refractivity contribution in [2.45, 2.75) is 24.8 Å². The van der Waals surface area contributed by atoms with Crippen LogP contribution in [0.2, 0.25) is 0 Å². The predicted octanol–water partition coefficient (Wildman–Crippen LogP) is 2.79. The number of hydrogen-bond acceptors (Lipinski definition) is 3. The lowest BCUT2D eigenvalue weighted by Gasteiger charge is -2.30. The van der Waals surface area contributed by atoms with E-state index in [1.807, 2.05) is 48.5 Å². The van der Waals surface area contributed by atoms with Crippen LogP contribution >= 0.6 is 0 Å². The number of benzene rings is 2. The van der Waals surface area contributed by atoms with Crippen LogP contribution in [0.4, 0.5) is 0 Å². The highest BCUT2D eigenvalue weighted by atomic mass is 16.5. The molecule has 1 fully saturated rings. The number of rotatable bonds is 2. The number of para-hydroxylation sites is 2. The van der Waals surface area contributed by atoms with Crippen LogP contribution in [0.25, 0.3) is 0 Å². The smallest absolute Gasteiger partial charge is 0.232 e. The Morgan fingerprint density at radius 1 is 0.957 bits per heavy atom. The molecule has 4 rings (SSSR count). The predicted molar refractivity (Wildman–Crippen MR) is 88.8 cm³/mol. The zero-order chi connectivity index (χ0) is 15.6. The molecule has 0 aromatic heterocycles. The average Bonchev–Trinajstić information content (AvgIpc) is 2.60. The van der Waals surface area contributed by atoms with Crippen molar-refractivity contribution in [1.82, 2.24) is 10.6 Å². The lowest BCUT2D eigenvalue weighted by molar-refractivity contribution is -0.122. The molecule has 0 aliphatic carbocycles. The monoisotopic (exact) mass is 308 g/mol. The summed E-state index contributed by atoms with van der Waals surface area (Å²) in [6, 6.07) is 15.9. The molecular formula is C19H20N2O2. The van der Waals surface area contributed by atoms with Crippen molar-refractivity contribution < 1.29 is 9.53 Å². The Hall–Kier alpha value is -2.33. The summed E-state index contributed by atoms with van der Waals surface area (Å²) < 4.78 is 5.96. The van der Waals surface area contributed by atoms with Crippen LogP contribution in [0, 0.1) is 0 Å². The van der Waals surface area contributed by atoms with Gasteiger partial charge in [0.1, 0.15) is 11.5 Å². The summed E-state index contributed by atoms with van der Waals surface area (Å²) in [6.07, 6.45) is 1.97. The fraction of sp³-hybridized carbons (Fsp3) is 0.316. The third-order valence-electron chi connectivity index (χ3n) is 4.63. The van der Waals surface area contributed by atoms with Gasteiger partial charge in [-0.1, -0.05) is 36.4 Å². The first-order valence-corrected chi connectivity index (χ1v) is 8.20. The van der Waals surface area contributed by atoms with Gasteiger partial charge in [-0.25, -0.2) is 0 Å². The molecule has 0 unspecified atom stereocenters. The van der Waals surface area contributed by atoms with Gasteiger partial charge in [-0.05, 0) is 38.1 Å². The molecule has 2 heterocycles. The summed E-state index contributed by atoms with van der Waals surface area (Å²) in [5.74, 6) is 1.32. The molecule has 2 aromatic rings. The lowest BCUT2D eigenvalue weighted by Crippen LogP contribution is -2.44. The van der Waals surface area contributed by atoms with Crippen LogP contribution in [0.3, 0.4) is 0 Å². The van der Waals surface area contributed by atoms with Crippen LogP contribution in [0.5, 0.6) is 11.5 Å². The summed E-state index contributed by atoms with van der Waals surface area (Å²) in [5.41, 5.74) is 1.88. The second-order valence-electron chi connectivity index (χ2n) is 6.14. The number of piperidine rings is 1. The Labute approximate surface area is 135 Å². The van der Waals surface area contributed by atoms with E-state index in [4.69, 9.17) is 4.74 Å². The van der Waals surface area contributed by atoms with E-state index in [1.165, 1.54) is 0 Å². The zero-order valence-electron chi connectivity index (χ0n) is 12.9. The summed E-state index contributed by atoms with van der Waals surface area (Å²) in [7, 11) is 0. The first-order valence-electron chi connectivity index (χ1n) is 8.20. The maximum Gasteiger partial charge on any atom is 0.232 e. The van der Waals surface area contributed by atoms with Gasteiger partial charge in [0.25, 0.3) is 0 Å². The Morgan fingerprint density at radius 3 is 2.13 bits per heavy atom. The molecule has 1 amide bonds. The van der Waals surface area contributed by atoms with Crippen molar-refractivity contribution in [1.29, 1.82) is 0 Å². The second kappa shape index (κ2) is 6.05. The highest BCUT2D eigenvalue weighted by molar-refractivity contribution is 5.89. The molecule has 1 saturated heterocycles. The Morgan fingerprint density at radius 2 is 1.52 bits per heavy atom. The highest BCUT2D eigenvalue weighted by Gasteiger charge is 2.33. The van der Waals surface area contributed by atoms with Gasteiger partial charge in [-0.3, -0.25) is 4.79 Å². The van der Waals surface area contributed by atoms with Crippen molar-refractivity contribution in [3.8, 4) is 11.5 Å². The van der Waals surface area contributed by atoms with E-state index in [2.05, 4.69) is 10.6 Å². The van der Waals surface area contributed by atoms with Crippen LogP contribution < -0.4 is 15.4 Å². The van der Waals surface area contributed by atoms with E-state index >= 15 is 0 Å². The fourth-order valence-corrected chi connectivity index (χ4v) is 3.44. The quantitative estimate of drug-likeness (QED) is 0.897. The molecule has 0 atom stereocenters. The number of amides is 1. The molecule has 0 saturated carbocycles. The molecule has 4 nitrogen and oxygen atoms in total. The minimum absolute atomic E-state index is 0.0695. The molecule has 0 radical (unpaired) electrons. The van der Waals surface area contributed by atoms with Crippen molar-refractivity contribution in [3.63, 3.8) is 0 Å². The molecule has 23 heavy (non-hydrogen) atoms. The number of ether oxygens (including phenoxy) is 1. The summed E-state index contributed by atoms with van der Waals surface area (Å²) >= 11 is 0. The van der Waals surface area contributed by atoms with E-state index in [0.717, 1.165) is 48.6 Å². The van der Waals surface area contributed by atoms with Crippen LogP contribution in [-0.4, -0.2) is 25.0 Å². The maximum absolute atomic E-state index is 13.0. The van der Waals surface area contributed by atoms with E-state index in [0.29, 0.717) is 0 Å². The largest absolute Gasteiger partial charge is 0.457 e. The van der Waals surface area contributed by atoms with Gasteiger partial charge in [0, 0.05) is 17.2 Å². The van der Waals surface area contributed by atoms with Crippen LogP contribution in [0.1, 0.15) is 29.9 Å². The molecule has 2 aromatic carbocycles. The SMILES string of the molecule is O=C(NC1CCNCC1)C1c2ccccc2Oc2ccccc21. The third-order valence-corrected chi connectivity index (χ3v) is 4.63. The van der Waals surface area contributed by atoms with Crippen molar-refractivity contribution in [2.24, 2.45) is 0 Å². The van der Waals surface area contributed by atoms with Gasteiger partial charge in [-0.2, -0.15) is 0 Å². The van der Waals surface area contributed by atoms with E-state index in [9.17, 15) is 4.79 Å². The minimum atomic E-state index is -0.300. The van der Waals surface area contributed by atoms with Gasteiger partial charge in [0.15, 0.2) is 0 Å². The molecular weight excluding hydrogens is 288 g/mol. The third kappa shape index (κ3) is 2.70. The number of nitrogens with one attached hydrogen (secondary N) is 2. The molecule has 2 aliphatic rings. The van der Waals surface area contributed by atoms with Crippen LogP contribution in [-0.2, 0) is 4.79 Å². The Bertz CT molecular complexity index is 677. The van der Waals surface area contributed by atoms with Gasteiger partial charge in [0.05, 0.1) is 5.92 Å². The standard InChI is InChI=1S/C19H20N2O2/c22-19(21-13-9-11-20-12-10-13)18-14-5-1-3-7-16(14)23-17-8-4-2-6-15(17)18/h1-8,13,18,20H,9-12H2,(H,21,22). The number of hydrogen-bond donors (Lipinski definition) is 2. The van der Waals surface area contributed by atoms with E-state index < -0.39 is 0 Å². The first-order chi connectivity index (χ1) is 11.3. The zero-order valence-corrected chi connectivity index (χ0v) is 12.9. The Kier molecular flexibility index (Phi) is 3.75. The number of fused-ring (bicyclic) bond motifs is 2. The van der Waals surface area contributed by atoms with Gasteiger partial charge in [0.2, 0.25) is 5.91 Å². The molecule has 118 valence electrons. The number of carbonyl (C=O) groups is 1. The van der Waals surface area contributed by atoms with Gasteiger partial charge >= 0.3 is 0 Å². The molecule has 2 aliphatic heterocycles. The fourth-order valence-electron chi connectivity index (χ4n) is 3.44. The normalized spacial score (nSPS) is 17.7. The molecule has 0 bridgehead atoms. The molecule has 2 N–H and O–H groups in total. The van der Waals surface area contributed by atoms with Crippen molar-refractivity contribution in [3.05, 3.63) is 59.7 Å². The number of carbonyl (C=O) groups excluding carboxylic acids is 1. The van der Waals surface area contributed by atoms with Crippen LogP contribution in [0.15, 0.2) is 48.5 Å². The van der Waals surface area contributed by atoms with Crippen molar-refractivity contribution >= 4 is 5.91 Å². The Balaban J connectivity index is 1.67. The highest BCUT2D eigenvalue weighted by Crippen LogP contribution is 2.43. The maximum atomic E-state index is 13.0. The summed E-state index contributed by atoms with van der Waals surface area (Å²) in [6.45, 7) is 1.93. The van der Waals surface area contributed by atoms with Gasteiger partial charge < -0.3 is 15.4 Å². The van der Waals surface area contributed by atoms with E-state index in [1.54, 1.807) is 0 Å². The average molecular weight is 308 g/mol. The lowest BCUT2D eigenvalue weighted by atomic mass is 9.87. The molecule has 4 heteroatoms. The van der Waals surface area contributed by atoms with E-state index in [-0.39, 0.29) is 17.9 Å². The molecule has 0 spiro atoms. The van der Waals surface area contributed by atoms with Gasteiger partial charge in [-0.15, -0.1) is 0 Å². The minimum Gasteiger partial charge on any atom is -0.457 e.